The molecule has 2 aromatic rings. The van der Waals surface area contributed by atoms with Crippen LogP contribution in [0.5, 0.6) is 5.75 Å². The number of aryl methyl sites for hydroxylation is 1. The van der Waals surface area contributed by atoms with Crippen molar-refractivity contribution in [1.29, 1.82) is 0 Å². The van der Waals surface area contributed by atoms with E-state index in [1.165, 1.54) is 0 Å². The third-order valence-electron chi connectivity index (χ3n) is 3.90. The smallest absolute Gasteiger partial charge is 0.226 e. The number of rotatable bonds is 6. The lowest BCUT2D eigenvalue weighted by molar-refractivity contribution is -0.116. The average molecular weight is 312 g/mol. The van der Waals surface area contributed by atoms with Crippen LogP contribution >= 0.6 is 0 Å². The molecule has 0 spiro atoms. The second-order valence-electron chi connectivity index (χ2n) is 6.01. The highest BCUT2D eigenvalue weighted by molar-refractivity contribution is 5.90. The fourth-order valence-corrected chi connectivity index (χ4v) is 2.68. The van der Waals surface area contributed by atoms with Gasteiger partial charge in [-0.1, -0.05) is 38.1 Å². The van der Waals surface area contributed by atoms with Crippen LogP contribution in [0, 0.1) is 12.8 Å². The van der Waals surface area contributed by atoms with Gasteiger partial charge in [0.05, 0.1) is 7.11 Å². The Bertz CT molecular complexity index is 668. The quantitative estimate of drug-likeness (QED) is 0.871. The zero-order valence-corrected chi connectivity index (χ0v) is 14.2. The first kappa shape index (κ1) is 17.0. The van der Waals surface area contributed by atoms with Crippen LogP contribution in [0.4, 0.5) is 5.82 Å². The lowest BCUT2D eigenvalue weighted by Crippen LogP contribution is -2.19. The highest BCUT2D eigenvalue weighted by Gasteiger charge is 2.22. The molecule has 4 heteroatoms. The Morgan fingerprint density at radius 2 is 1.91 bits per heavy atom. The summed E-state index contributed by atoms with van der Waals surface area (Å²) >= 11 is 0. The molecule has 2 rings (SSSR count). The van der Waals surface area contributed by atoms with E-state index in [1.807, 2.05) is 43.3 Å². The fourth-order valence-electron chi connectivity index (χ4n) is 2.68. The summed E-state index contributed by atoms with van der Waals surface area (Å²) in [7, 11) is 1.66. The summed E-state index contributed by atoms with van der Waals surface area (Å²) in [6.07, 6.45) is 0.396. The normalized spacial score (nSPS) is 12.0. The van der Waals surface area contributed by atoms with Crippen LogP contribution in [-0.4, -0.2) is 18.0 Å². The monoisotopic (exact) mass is 312 g/mol. The Hall–Kier alpha value is -2.36. The van der Waals surface area contributed by atoms with Crippen LogP contribution in [0.25, 0.3) is 0 Å². The Morgan fingerprint density at radius 1 is 1.17 bits per heavy atom. The number of para-hydroxylation sites is 1. The van der Waals surface area contributed by atoms with E-state index in [4.69, 9.17) is 4.74 Å². The number of carbonyl (C=O) groups is 1. The predicted molar refractivity (Wildman–Crippen MR) is 92.8 cm³/mol. The van der Waals surface area contributed by atoms with E-state index in [9.17, 15) is 4.79 Å². The topological polar surface area (TPSA) is 51.2 Å². The van der Waals surface area contributed by atoms with Crippen LogP contribution < -0.4 is 10.1 Å². The summed E-state index contributed by atoms with van der Waals surface area (Å²) in [6, 6.07) is 13.5. The van der Waals surface area contributed by atoms with Gasteiger partial charge < -0.3 is 10.1 Å². The Balaban J connectivity index is 2.15. The van der Waals surface area contributed by atoms with Crippen molar-refractivity contribution in [3.05, 3.63) is 53.7 Å². The molecule has 1 amide bonds. The number of hydrogen-bond donors (Lipinski definition) is 1. The first-order valence-electron chi connectivity index (χ1n) is 7.87. The van der Waals surface area contributed by atoms with Crippen molar-refractivity contribution in [3.63, 3.8) is 0 Å². The number of nitrogens with one attached hydrogen (secondary N) is 1. The van der Waals surface area contributed by atoms with Gasteiger partial charge in [-0.2, -0.15) is 0 Å². The third-order valence-corrected chi connectivity index (χ3v) is 3.90. The standard InChI is InChI=1S/C19H24N2O2/c1-13(2)16(15-9-5-6-10-17(15)23-4)12-19(22)21-18-11-7-8-14(3)20-18/h5-11,13,16H,12H2,1-4H3,(H,20,21,22)/t16-/m0/s1. The molecule has 0 aliphatic carbocycles. The van der Waals surface area contributed by atoms with Crippen molar-refractivity contribution in [2.45, 2.75) is 33.1 Å². The van der Waals surface area contributed by atoms with Gasteiger partial charge in [-0.05, 0) is 42.5 Å². The Kier molecular flexibility index (Phi) is 5.74. The summed E-state index contributed by atoms with van der Waals surface area (Å²) in [5.74, 6) is 1.80. The number of carbonyl (C=O) groups excluding carboxylic acids is 1. The maximum Gasteiger partial charge on any atom is 0.226 e. The number of benzene rings is 1. The van der Waals surface area contributed by atoms with Gasteiger partial charge in [0.2, 0.25) is 5.91 Å². The fraction of sp³-hybridized carbons (Fsp3) is 0.368. The van der Waals surface area contributed by atoms with Crippen molar-refractivity contribution in [3.8, 4) is 5.75 Å². The van der Waals surface area contributed by atoms with E-state index < -0.39 is 0 Å². The lowest BCUT2D eigenvalue weighted by Gasteiger charge is -2.23. The maximum atomic E-state index is 12.4. The molecule has 23 heavy (non-hydrogen) atoms. The largest absolute Gasteiger partial charge is 0.496 e. The summed E-state index contributed by atoms with van der Waals surface area (Å²) in [4.78, 5) is 16.7. The predicted octanol–water partition coefficient (Wildman–Crippen LogP) is 4.17. The number of nitrogens with zero attached hydrogens (tertiary/aromatic N) is 1. The number of amides is 1. The first-order chi connectivity index (χ1) is 11.0. The van der Waals surface area contributed by atoms with Gasteiger partial charge in [0.25, 0.3) is 0 Å². The van der Waals surface area contributed by atoms with Gasteiger partial charge in [0, 0.05) is 12.1 Å². The first-order valence-corrected chi connectivity index (χ1v) is 7.87. The number of methoxy groups -OCH3 is 1. The SMILES string of the molecule is COc1ccccc1[C@@H](CC(=O)Nc1cccc(C)n1)C(C)C. The van der Waals surface area contributed by atoms with Crippen molar-refractivity contribution in [1.82, 2.24) is 4.98 Å². The molecule has 1 N–H and O–H groups in total. The molecule has 1 heterocycles. The second kappa shape index (κ2) is 7.77. The molecular weight excluding hydrogens is 288 g/mol. The zero-order valence-electron chi connectivity index (χ0n) is 14.2. The number of pyridine rings is 1. The van der Waals surface area contributed by atoms with Gasteiger partial charge >= 0.3 is 0 Å². The molecule has 1 aromatic heterocycles. The van der Waals surface area contributed by atoms with Crippen molar-refractivity contribution in [2.24, 2.45) is 5.92 Å². The summed E-state index contributed by atoms with van der Waals surface area (Å²) in [6.45, 7) is 6.14. The molecule has 0 aliphatic rings. The molecular formula is C19H24N2O2. The molecule has 4 nitrogen and oxygen atoms in total. The van der Waals surface area contributed by atoms with Crippen LogP contribution in [0.3, 0.4) is 0 Å². The molecule has 122 valence electrons. The van der Waals surface area contributed by atoms with Gasteiger partial charge in [-0.25, -0.2) is 4.98 Å². The van der Waals surface area contributed by atoms with Gasteiger partial charge in [0.1, 0.15) is 11.6 Å². The minimum absolute atomic E-state index is 0.0345. The second-order valence-corrected chi connectivity index (χ2v) is 6.01. The number of aromatic nitrogens is 1. The summed E-state index contributed by atoms with van der Waals surface area (Å²) in [5.41, 5.74) is 1.95. The van der Waals surface area contributed by atoms with E-state index in [2.05, 4.69) is 24.1 Å². The minimum Gasteiger partial charge on any atom is -0.496 e. The van der Waals surface area contributed by atoms with Crippen molar-refractivity contribution < 1.29 is 9.53 Å². The van der Waals surface area contributed by atoms with E-state index in [0.29, 0.717) is 18.2 Å². The van der Waals surface area contributed by atoms with Gasteiger partial charge in [-0.15, -0.1) is 0 Å². The van der Waals surface area contributed by atoms with E-state index in [0.717, 1.165) is 17.0 Å². The highest BCUT2D eigenvalue weighted by atomic mass is 16.5. The number of anilines is 1. The molecule has 0 bridgehead atoms. The Labute approximate surface area is 137 Å². The van der Waals surface area contributed by atoms with Crippen LogP contribution in [0.2, 0.25) is 0 Å². The van der Waals surface area contributed by atoms with E-state index in [-0.39, 0.29) is 11.8 Å². The van der Waals surface area contributed by atoms with Gasteiger partial charge in [-0.3, -0.25) is 4.79 Å². The van der Waals surface area contributed by atoms with E-state index in [1.54, 1.807) is 13.2 Å². The van der Waals surface area contributed by atoms with E-state index >= 15 is 0 Å². The molecule has 1 aromatic carbocycles. The van der Waals surface area contributed by atoms with Crippen molar-refractivity contribution in [2.75, 3.05) is 12.4 Å². The molecule has 0 aliphatic heterocycles. The molecule has 1 atom stereocenters. The molecule has 0 saturated carbocycles. The summed E-state index contributed by atoms with van der Waals surface area (Å²) < 4.78 is 5.45. The van der Waals surface area contributed by atoms with Crippen LogP contribution in [-0.2, 0) is 4.79 Å². The minimum atomic E-state index is -0.0345. The highest BCUT2D eigenvalue weighted by Crippen LogP contribution is 2.34. The summed E-state index contributed by atoms with van der Waals surface area (Å²) in [5, 5.41) is 2.88. The van der Waals surface area contributed by atoms with Crippen LogP contribution in [0.1, 0.15) is 37.4 Å². The third kappa shape index (κ3) is 4.55. The molecule has 0 saturated heterocycles. The number of ether oxygens (including phenoxy) is 1. The van der Waals surface area contributed by atoms with Crippen molar-refractivity contribution >= 4 is 11.7 Å². The number of hydrogen-bond acceptors (Lipinski definition) is 3. The van der Waals surface area contributed by atoms with Gasteiger partial charge in [0.15, 0.2) is 0 Å². The Morgan fingerprint density at radius 3 is 2.57 bits per heavy atom. The average Bonchev–Trinajstić information content (AvgIpc) is 2.52. The molecule has 0 unspecified atom stereocenters. The molecule has 0 fully saturated rings. The molecule has 0 radical (unpaired) electrons. The zero-order chi connectivity index (χ0) is 16.8. The maximum absolute atomic E-state index is 12.4. The lowest BCUT2D eigenvalue weighted by atomic mass is 9.85. The van der Waals surface area contributed by atoms with Crippen LogP contribution in [0.15, 0.2) is 42.5 Å².